The molecule has 0 unspecified atom stereocenters. The summed E-state index contributed by atoms with van der Waals surface area (Å²) in [7, 11) is 0. The van der Waals surface area contributed by atoms with Crippen molar-refractivity contribution in [3.05, 3.63) is 53.3 Å². The number of anilines is 3. The van der Waals surface area contributed by atoms with E-state index in [1.165, 1.54) is 6.07 Å². The summed E-state index contributed by atoms with van der Waals surface area (Å²) < 4.78 is 13.6. The van der Waals surface area contributed by atoms with Crippen molar-refractivity contribution < 1.29 is 14.0 Å². The lowest BCUT2D eigenvalue weighted by Crippen LogP contribution is -2.32. The fourth-order valence-corrected chi connectivity index (χ4v) is 3.19. The predicted molar refractivity (Wildman–Crippen MR) is 106 cm³/mol. The number of benzene rings is 2. The third-order valence-corrected chi connectivity index (χ3v) is 4.78. The lowest BCUT2D eigenvalue weighted by Gasteiger charge is -2.20. The van der Waals surface area contributed by atoms with Gasteiger partial charge in [-0.2, -0.15) is 0 Å². The molecular formula is C21H24FN3O2. The molecule has 0 saturated carbocycles. The molecule has 2 amide bonds. The number of hydrogen-bond donors (Lipinski definition) is 2. The molecule has 1 saturated heterocycles. The van der Waals surface area contributed by atoms with Crippen LogP contribution in [0.2, 0.25) is 0 Å². The Labute approximate surface area is 158 Å². The summed E-state index contributed by atoms with van der Waals surface area (Å²) in [6.45, 7) is 6.12. The Morgan fingerprint density at radius 2 is 1.85 bits per heavy atom. The Morgan fingerprint density at radius 1 is 1.11 bits per heavy atom. The second kappa shape index (κ2) is 7.78. The molecule has 6 heteroatoms. The van der Waals surface area contributed by atoms with Crippen LogP contribution in [-0.4, -0.2) is 24.4 Å². The first-order valence-electron chi connectivity index (χ1n) is 9.09. The van der Waals surface area contributed by atoms with Crippen molar-refractivity contribution in [1.29, 1.82) is 0 Å². The molecule has 1 aliphatic rings. The highest BCUT2D eigenvalue weighted by Gasteiger charge is 2.23. The Morgan fingerprint density at radius 3 is 2.48 bits per heavy atom. The van der Waals surface area contributed by atoms with Gasteiger partial charge in [0.25, 0.3) is 0 Å². The van der Waals surface area contributed by atoms with Crippen LogP contribution in [0.1, 0.15) is 30.9 Å². The third kappa shape index (κ3) is 4.27. The molecule has 1 heterocycles. The molecule has 0 bridgehead atoms. The lowest BCUT2D eigenvalue weighted by atomic mass is 10.1. The number of amides is 2. The zero-order chi connectivity index (χ0) is 19.6. The van der Waals surface area contributed by atoms with E-state index < -0.39 is 6.04 Å². The van der Waals surface area contributed by atoms with Gasteiger partial charge in [0.1, 0.15) is 11.9 Å². The monoisotopic (exact) mass is 369 g/mol. The van der Waals surface area contributed by atoms with Crippen LogP contribution in [0.3, 0.4) is 0 Å². The molecule has 2 aromatic rings. The number of carbonyl (C=O) groups is 2. The molecule has 5 nitrogen and oxygen atoms in total. The minimum Gasteiger partial charge on any atom is -0.374 e. The van der Waals surface area contributed by atoms with Crippen LogP contribution in [0.15, 0.2) is 36.4 Å². The van der Waals surface area contributed by atoms with Gasteiger partial charge in [-0.25, -0.2) is 4.39 Å². The second-order valence-corrected chi connectivity index (χ2v) is 6.97. The van der Waals surface area contributed by atoms with Crippen molar-refractivity contribution in [2.75, 3.05) is 22.1 Å². The van der Waals surface area contributed by atoms with Gasteiger partial charge in [-0.3, -0.25) is 9.59 Å². The van der Waals surface area contributed by atoms with Gasteiger partial charge in [-0.15, -0.1) is 0 Å². The van der Waals surface area contributed by atoms with Crippen LogP contribution in [-0.2, 0) is 9.59 Å². The van der Waals surface area contributed by atoms with E-state index in [4.69, 9.17) is 0 Å². The van der Waals surface area contributed by atoms with Gasteiger partial charge in [0.05, 0.1) is 0 Å². The van der Waals surface area contributed by atoms with Crippen LogP contribution in [0.4, 0.5) is 21.5 Å². The van der Waals surface area contributed by atoms with Crippen LogP contribution >= 0.6 is 0 Å². The minimum atomic E-state index is -0.506. The number of rotatable bonds is 5. The topological polar surface area (TPSA) is 61.4 Å². The SMILES string of the molecule is Cc1ccc(NC(=O)[C@@H](C)Nc2ccc(N3CCCC3=O)c(C)c2)cc1F. The Bertz CT molecular complexity index is 882. The smallest absolute Gasteiger partial charge is 0.246 e. The summed E-state index contributed by atoms with van der Waals surface area (Å²) >= 11 is 0. The van der Waals surface area contributed by atoms with Crippen LogP contribution in [0.25, 0.3) is 0 Å². The normalized spacial score (nSPS) is 15.0. The highest BCUT2D eigenvalue weighted by molar-refractivity contribution is 5.97. The Hall–Kier alpha value is -2.89. The molecule has 3 rings (SSSR count). The third-order valence-electron chi connectivity index (χ3n) is 4.78. The fraction of sp³-hybridized carbons (Fsp3) is 0.333. The van der Waals surface area contributed by atoms with Crippen molar-refractivity contribution in [3.63, 3.8) is 0 Å². The van der Waals surface area contributed by atoms with Crippen LogP contribution < -0.4 is 15.5 Å². The van der Waals surface area contributed by atoms with Crippen molar-refractivity contribution in [3.8, 4) is 0 Å². The number of nitrogens with one attached hydrogen (secondary N) is 2. The molecular weight excluding hydrogens is 345 g/mol. The van der Waals surface area contributed by atoms with E-state index >= 15 is 0 Å². The molecule has 2 aromatic carbocycles. The predicted octanol–water partition coefficient (Wildman–Crippen LogP) is 4.01. The van der Waals surface area contributed by atoms with E-state index in [2.05, 4.69) is 10.6 Å². The maximum Gasteiger partial charge on any atom is 0.246 e. The van der Waals surface area contributed by atoms with Gasteiger partial charge in [0, 0.05) is 30.0 Å². The minimum absolute atomic E-state index is 0.150. The van der Waals surface area contributed by atoms with Gasteiger partial charge < -0.3 is 15.5 Å². The molecule has 1 atom stereocenters. The maximum absolute atomic E-state index is 13.6. The number of halogens is 1. The molecule has 1 fully saturated rings. The molecule has 2 N–H and O–H groups in total. The number of aryl methyl sites for hydroxylation is 2. The number of carbonyl (C=O) groups excluding carboxylic acids is 2. The van der Waals surface area contributed by atoms with E-state index in [0.29, 0.717) is 17.7 Å². The lowest BCUT2D eigenvalue weighted by molar-refractivity contribution is -0.117. The van der Waals surface area contributed by atoms with Gasteiger partial charge in [0.15, 0.2) is 0 Å². The van der Waals surface area contributed by atoms with Crippen molar-refractivity contribution in [2.45, 2.75) is 39.7 Å². The maximum atomic E-state index is 13.6. The van der Waals surface area contributed by atoms with E-state index in [1.54, 1.807) is 30.9 Å². The highest BCUT2D eigenvalue weighted by Crippen LogP contribution is 2.27. The van der Waals surface area contributed by atoms with Crippen molar-refractivity contribution >= 4 is 28.9 Å². The quantitative estimate of drug-likeness (QED) is 0.837. The Kier molecular flexibility index (Phi) is 5.44. The van der Waals surface area contributed by atoms with E-state index in [0.717, 1.165) is 29.9 Å². The molecule has 1 aliphatic heterocycles. The summed E-state index contributed by atoms with van der Waals surface area (Å²) in [6, 6.07) is 9.81. The summed E-state index contributed by atoms with van der Waals surface area (Å²) in [4.78, 5) is 26.1. The van der Waals surface area contributed by atoms with Gasteiger partial charge in [-0.05, 0) is 68.7 Å². The molecule has 0 radical (unpaired) electrons. The Balaban J connectivity index is 1.65. The first kappa shape index (κ1) is 18.9. The summed E-state index contributed by atoms with van der Waals surface area (Å²) in [5.74, 6) is -0.456. The zero-order valence-corrected chi connectivity index (χ0v) is 15.8. The van der Waals surface area contributed by atoms with E-state index in [1.807, 2.05) is 25.1 Å². The van der Waals surface area contributed by atoms with Gasteiger partial charge >= 0.3 is 0 Å². The largest absolute Gasteiger partial charge is 0.374 e. The zero-order valence-electron chi connectivity index (χ0n) is 15.8. The average Bonchev–Trinajstić information content (AvgIpc) is 3.04. The standard InChI is InChI=1S/C21H24FN3O2/c1-13-6-7-17(12-18(13)22)24-21(27)15(3)23-16-8-9-19(14(2)11-16)25-10-4-5-20(25)26/h6-9,11-12,15,23H,4-5,10H2,1-3H3,(H,24,27)/t15-/m1/s1. The summed E-state index contributed by atoms with van der Waals surface area (Å²) in [6.07, 6.45) is 1.48. The van der Waals surface area contributed by atoms with Crippen LogP contribution in [0.5, 0.6) is 0 Å². The molecule has 0 aliphatic carbocycles. The average molecular weight is 369 g/mol. The molecule has 27 heavy (non-hydrogen) atoms. The first-order chi connectivity index (χ1) is 12.8. The van der Waals surface area contributed by atoms with Gasteiger partial charge in [-0.1, -0.05) is 6.07 Å². The molecule has 142 valence electrons. The fourth-order valence-electron chi connectivity index (χ4n) is 3.19. The second-order valence-electron chi connectivity index (χ2n) is 6.97. The van der Waals surface area contributed by atoms with Crippen molar-refractivity contribution in [1.82, 2.24) is 0 Å². The van der Waals surface area contributed by atoms with Gasteiger partial charge in [0.2, 0.25) is 11.8 Å². The molecule has 0 spiro atoms. The number of nitrogens with zero attached hydrogens (tertiary/aromatic N) is 1. The van der Waals surface area contributed by atoms with E-state index in [9.17, 15) is 14.0 Å². The molecule has 0 aromatic heterocycles. The van der Waals surface area contributed by atoms with Crippen molar-refractivity contribution in [2.24, 2.45) is 0 Å². The first-order valence-corrected chi connectivity index (χ1v) is 9.09. The van der Waals surface area contributed by atoms with E-state index in [-0.39, 0.29) is 17.6 Å². The highest BCUT2D eigenvalue weighted by atomic mass is 19.1. The summed E-state index contributed by atoms with van der Waals surface area (Å²) in [5, 5.41) is 5.86. The summed E-state index contributed by atoms with van der Waals surface area (Å²) in [5.41, 5.74) is 3.64. The number of hydrogen-bond acceptors (Lipinski definition) is 3. The van der Waals surface area contributed by atoms with Crippen LogP contribution in [0, 0.1) is 19.7 Å².